The Balaban J connectivity index is 2.85. The first-order chi connectivity index (χ1) is 8.13. The van der Waals surface area contributed by atoms with E-state index in [1.165, 1.54) is 5.56 Å². The van der Waals surface area contributed by atoms with E-state index < -0.39 is 0 Å². The average Bonchev–Trinajstić information content (AvgIpc) is 2.28. The number of unbranched alkanes of at least 4 members (excludes halogenated alkanes) is 1. The Morgan fingerprint density at radius 2 is 1.88 bits per heavy atom. The standard InChI is InChI=1S/C15H21NO/c1-4-5-10-16-15(11-13(3)17)14-8-6-12(2)7-9-14/h6-9H,4-5,10-11H2,1-3H3/b16-15-. The van der Waals surface area contributed by atoms with Gasteiger partial charge in [0.25, 0.3) is 0 Å². The molecule has 92 valence electrons. The first-order valence-electron chi connectivity index (χ1n) is 6.23. The van der Waals surface area contributed by atoms with E-state index in [4.69, 9.17) is 0 Å². The molecule has 0 aliphatic carbocycles. The molecule has 17 heavy (non-hydrogen) atoms. The lowest BCUT2D eigenvalue weighted by Crippen LogP contribution is -2.07. The average molecular weight is 231 g/mol. The maximum Gasteiger partial charge on any atom is 0.135 e. The summed E-state index contributed by atoms with van der Waals surface area (Å²) in [6, 6.07) is 8.21. The van der Waals surface area contributed by atoms with E-state index in [-0.39, 0.29) is 5.78 Å². The van der Waals surface area contributed by atoms with Gasteiger partial charge in [0.15, 0.2) is 0 Å². The Morgan fingerprint density at radius 1 is 1.24 bits per heavy atom. The van der Waals surface area contributed by atoms with Crippen LogP contribution in [-0.2, 0) is 4.79 Å². The summed E-state index contributed by atoms with van der Waals surface area (Å²) in [5, 5.41) is 0. The summed E-state index contributed by atoms with van der Waals surface area (Å²) in [5.74, 6) is 0.167. The summed E-state index contributed by atoms with van der Waals surface area (Å²) in [6.07, 6.45) is 2.64. The molecule has 0 heterocycles. The second-order valence-electron chi connectivity index (χ2n) is 4.43. The molecule has 0 radical (unpaired) electrons. The molecule has 2 heteroatoms. The van der Waals surface area contributed by atoms with Crippen molar-refractivity contribution in [3.05, 3.63) is 35.4 Å². The van der Waals surface area contributed by atoms with Crippen molar-refractivity contribution < 1.29 is 4.79 Å². The zero-order valence-corrected chi connectivity index (χ0v) is 11.0. The number of aryl methyl sites for hydroxylation is 1. The van der Waals surface area contributed by atoms with E-state index in [9.17, 15) is 4.79 Å². The predicted molar refractivity (Wildman–Crippen MR) is 72.8 cm³/mol. The molecule has 0 fully saturated rings. The number of rotatable bonds is 6. The maximum atomic E-state index is 11.2. The van der Waals surface area contributed by atoms with Gasteiger partial charge in [-0.2, -0.15) is 0 Å². The second-order valence-corrected chi connectivity index (χ2v) is 4.43. The third kappa shape index (κ3) is 4.94. The van der Waals surface area contributed by atoms with Gasteiger partial charge in [0.05, 0.1) is 0 Å². The van der Waals surface area contributed by atoms with Crippen LogP contribution in [0.4, 0.5) is 0 Å². The molecule has 0 saturated heterocycles. The SMILES string of the molecule is CCCC/N=C(/CC(C)=O)c1ccc(C)cc1. The number of benzene rings is 1. The summed E-state index contributed by atoms with van der Waals surface area (Å²) in [7, 11) is 0. The molecule has 0 atom stereocenters. The van der Waals surface area contributed by atoms with Crippen LogP contribution in [0.2, 0.25) is 0 Å². The minimum Gasteiger partial charge on any atom is -0.300 e. The molecule has 0 unspecified atom stereocenters. The molecule has 0 spiro atoms. The van der Waals surface area contributed by atoms with Gasteiger partial charge in [-0.15, -0.1) is 0 Å². The molecule has 0 aromatic heterocycles. The minimum absolute atomic E-state index is 0.167. The van der Waals surface area contributed by atoms with Gasteiger partial charge >= 0.3 is 0 Å². The van der Waals surface area contributed by atoms with Crippen molar-refractivity contribution in [2.75, 3.05) is 6.54 Å². The van der Waals surface area contributed by atoms with Gasteiger partial charge in [0.2, 0.25) is 0 Å². The van der Waals surface area contributed by atoms with Gasteiger partial charge in [0, 0.05) is 18.7 Å². The van der Waals surface area contributed by atoms with E-state index in [1.807, 2.05) is 12.1 Å². The van der Waals surface area contributed by atoms with Crippen LogP contribution in [0.25, 0.3) is 0 Å². The lowest BCUT2D eigenvalue weighted by molar-refractivity contribution is -0.115. The predicted octanol–water partition coefficient (Wildman–Crippen LogP) is 3.56. The molecule has 0 amide bonds. The highest BCUT2D eigenvalue weighted by Gasteiger charge is 2.06. The monoisotopic (exact) mass is 231 g/mol. The third-order valence-electron chi connectivity index (χ3n) is 2.62. The van der Waals surface area contributed by atoms with Crippen molar-refractivity contribution in [2.24, 2.45) is 4.99 Å². The van der Waals surface area contributed by atoms with Gasteiger partial charge in [-0.05, 0) is 25.8 Å². The van der Waals surface area contributed by atoms with E-state index in [0.717, 1.165) is 30.7 Å². The fourth-order valence-corrected chi connectivity index (χ4v) is 1.60. The zero-order chi connectivity index (χ0) is 12.7. The van der Waals surface area contributed by atoms with E-state index in [0.29, 0.717) is 6.42 Å². The highest BCUT2D eigenvalue weighted by molar-refractivity contribution is 6.10. The van der Waals surface area contributed by atoms with Gasteiger partial charge < -0.3 is 0 Å². The van der Waals surface area contributed by atoms with Gasteiger partial charge in [-0.1, -0.05) is 43.2 Å². The fourth-order valence-electron chi connectivity index (χ4n) is 1.60. The minimum atomic E-state index is 0.167. The summed E-state index contributed by atoms with van der Waals surface area (Å²) >= 11 is 0. The normalized spacial score (nSPS) is 11.6. The van der Waals surface area contributed by atoms with Crippen molar-refractivity contribution >= 4 is 11.5 Å². The number of hydrogen-bond acceptors (Lipinski definition) is 2. The van der Waals surface area contributed by atoms with Crippen molar-refractivity contribution in [1.82, 2.24) is 0 Å². The topological polar surface area (TPSA) is 29.4 Å². The Labute approximate surface area is 104 Å². The Morgan fingerprint density at radius 3 is 2.41 bits per heavy atom. The first-order valence-corrected chi connectivity index (χ1v) is 6.23. The number of Topliss-reactive ketones (excluding diaryl/α,β-unsaturated/α-hetero) is 1. The lowest BCUT2D eigenvalue weighted by Gasteiger charge is -2.05. The molecule has 2 nitrogen and oxygen atoms in total. The molecule has 0 saturated carbocycles. The third-order valence-corrected chi connectivity index (χ3v) is 2.62. The van der Waals surface area contributed by atoms with Crippen LogP contribution >= 0.6 is 0 Å². The van der Waals surface area contributed by atoms with Crippen LogP contribution < -0.4 is 0 Å². The van der Waals surface area contributed by atoms with E-state index in [2.05, 4.69) is 31.0 Å². The highest BCUT2D eigenvalue weighted by atomic mass is 16.1. The lowest BCUT2D eigenvalue weighted by atomic mass is 10.0. The largest absolute Gasteiger partial charge is 0.300 e. The van der Waals surface area contributed by atoms with Gasteiger partial charge in [0.1, 0.15) is 5.78 Å². The summed E-state index contributed by atoms with van der Waals surface area (Å²) in [5.41, 5.74) is 3.22. The Kier molecular flexibility index (Phi) is 5.61. The number of carbonyl (C=O) groups is 1. The van der Waals surface area contributed by atoms with Crippen molar-refractivity contribution in [3.63, 3.8) is 0 Å². The molecule has 1 rings (SSSR count). The molecular formula is C15H21NO. The number of aliphatic imine (C=N–C) groups is 1. The number of carbonyl (C=O) groups excluding carboxylic acids is 1. The number of hydrogen-bond donors (Lipinski definition) is 0. The van der Waals surface area contributed by atoms with Gasteiger partial charge in [-0.25, -0.2) is 0 Å². The summed E-state index contributed by atoms with van der Waals surface area (Å²) in [4.78, 5) is 15.8. The fraction of sp³-hybridized carbons (Fsp3) is 0.467. The second kappa shape index (κ2) is 7.00. The number of ketones is 1. The van der Waals surface area contributed by atoms with E-state index in [1.54, 1.807) is 6.92 Å². The Hall–Kier alpha value is -1.44. The molecule has 0 N–H and O–H groups in total. The van der Waals surface area contributed by atoms with Crippen LogP contribution in [0.1, 0.15) is 44.2 Å². The van der Waals surface area contributed by atoms with Crippen molar-refractivity contribution in [2.45, 2.75) is 40.0 Å². The van der Waals surface area contributed by atoms with Crippen LogP contribution in [0, 0.1) is 6.92 Å². The van der Waals surface area contributed by atoms with Crippen LogP contribution in [-0.4, -0.2) is 18.0 Å². The zero-order valence-electron chi connectivity index (χ0n) is 11.0. The first kappa shape index (κ1) is 13.6. The summed E-state index contributed by atoms with van der Waals surface area (Å²) < 4.78 is 0. The molecule has 0 aliphatic rings. The highest BCUT2D eigenvalue weighted by Crippen LogP contribution is 2.08. The van der Waals surface area contributed by atoms with Crippen LogP contribution in [0.3, 0.4) is 0 Å². The molecule has 1 aromatic rings. The maximum absolute atomic E-state index is 11.2. The number of nitrogens with zero attached hydrogens (tertiary/aromatic N) is 1. The quantitative estimate of drug-likeness (QED) is 0.543. The van der Waals surface area contributed by atoms with Crippen molar-refractivity contribution in [3.8, 4) is 0 Å². The van der Waals surface area contributed by atoms with E-state index >= 15 is 0 Å². The molecule has 1 aromatic carbocycles. The van der Waals surface area contributed by atoms with Gasteiger partial charge in [-0.3, -0.25) is 9.79 Å². The molecule has 0 aliphatic heterocycles. The van der Waals surface area contributed by atoms with Crippen LogP contribution in [0.15, 0.2) is 29.3 Å². The van der Waals surface area contributed by atoms with Crippen LogP contribution in [0.5, 0.6) is 0 Å². The Bertz CT molecular complexity index is 390. The molecular weight excluding hydrogens is 210 g/mol. The van der Waals surface area contributed by atoms with Crippen molar-refractivity contribution in [1.29, 1.82) is 0 Å². The molecule has 0 bridgehead atoms. The smallest absolute Gasteiger partial charge is 0.135 e. The summed E-state index contributed by atoms with van der Waals surface area (Å²) in [6.45, 7) is 6.63.